The molecule has 7 heteroatoms. The third-order valence-corrected chi connectivity index (χ3v) is 10.1. The lowest BCUT2D eigenvalue weighted by molar-refractivity contribution is -0.143. The second-order valence-electron chi connectivity index (χ2n) is 14.1. The first kappa shape index (κ1) is 33.2. The summed E-state index contributed by atoms with van der Waals surface area (Å²) in [5.74, 6) is 1.10. The molecule has 6 rings (SSSR count). The first-order valence-electron chi connectivity index (χ1n) is 16.7. The molecular weight excluding hydrogens is 574 g/mol. The van der Waals surface area contributed by atoms with Crippen molar-refractivity contribution in [2.24, 2.45) is 11.3 Å². The van der Waals surface area contributed by atoms with Gasteiger partial charge in [-0.25, -0.2) is 0 Å². The van der Waals surface area contributed by atoms with E-state index < -0.39 is 11.5 Å². The molecule has 0 spiro atoms. The van der Waals surface area contributed by atoms with E-state index in [0.717, 1.165) is 16.7 Å². The van der Waals surface area contributed by atoms with Crippen molar-refractivity contribution in [3.63, 3.8) is 0 Å². The number of hydrogen-bond acceptors (Lipinski definition) is 4. The fourth-order valence-corrected chi connectivity index (χ4v) is 7.32. The van der Waals surface area contributed by atoms with E-state index in [2.05, 4.69) is 62.6 Å². The molecule has 2 N–H and O–H groups in total. The van der Waals surface area contributed by atoms with Gasteiger partial charge in [0.15, 0.2) is 0 Å². The number of nitrogens with one attached hydrogen (secondary N) is 2. The molecule has 1 atom stereocenters. The summed E-state index contributed by atoms with van der Waals surface area (Å²) in [6.07, 6.45) is 4.14. The summed E-state index contributed by atoms with van der Waals surface area (Å²) in [5.41, 5.74) is 3.42. The molecule has 2 bridgehead atoms. The maximum absolute atomic E-state index is 14.0. The Labute approximate surface area is 274 Å². The minimum absolute atomic E-state index is 0.0628. The van der Waals surface area contributed by atoms with Gasteiger partial charge in [0, 0.05) is 30.1 Å². The van der Waals surface area contributed by atoms with Crippen LogP contribution in [-0.4, -0.2) is 48.9 Å². The molecule has 0 aromatic heterocycles. The highest BCUT2D eigenvalue weighted by atomic mass is 16.5. The van der Waals surface area contributed by atoms with Crippen molar-refractivity contribution in [2.75, 3.05) is 20.7 Å². The minimum Gasteiger partial charge on any atom is -0.496 e. The van der Waals surface area contributed by atoms with Crippen LogP contribution in [0.3, 0.4) is 0 Å². The lowest BCUT2D eigenvalue weighted by Gasteiger charge is -2.52. The van der Waals surface area contributed by atoms with Crippen LogP contribution >= 0.6 is 0 Å². The summed E-state index contributed by atoms with van der Waals surface area (Å²) in [5, 5.41) is 6.58. The van der Waals surface area contributed by atoms with E-state index >= 15 is 0 Å². The van der Waals surface area contributed by atoms with E-state index in [0.29, 0.717) is 68.2 Å². The molecule has 0 saturated heterocycles. The van der Waals surface area contributed by atoms with Crippen molar-refractivity contribution >= 4 is 17.7 Å². The standard InChI is InChI=1S/C39H49N3O4/c1-26(2)25-42(5)36(44)34(30-11-8-7-9-12-30)40-37(45)38-19-22-39(23-20-38,24-21-38)41-35(43)31-13-10-14-32(46-6)33(31)29-17-15-28(16-18-29)27(3)4/h7-18,26-27,34H,19-25H2,1-6H3,(H,40,45)(H,41,43)/t34-,38?,39?/m0/s1. The van der Waals surface area contributed by atoms with Gasteiger partial charge in [-0.2, -0.15) is 0 Å². The molecule has 3 aromatic carbocycles. The predicted octanol–water partition coefficient (Wildman–Crippen LogP) is 7.28. The molecule has 3 fully saturated rings. The molecule has 0 unspecified atom stereocenters. The summed E-state index contributed by atoms with van der Waals surface area (Å²) in [6, 6.07) is 22.7. The summed E-state index contributed by atoms with van der Waals surface area (Å²) >= 11 is 0. The first-order valence-corrected chi connectivity index (χ1v) is 16.7. The third kappa shape index (κ3) is 6.84. The number of nitrogens with zero attached hydrogens (tertiary/aromatic N) is 1. The van der Waals surface area contributed by atoms with E-state index in [1.807, 2.05) is 48.5 Å². The Morgan fingerprint density at radius 2 is 1.43 bits per heavy atom. The number of amides is 3. The first-order chi connectivity index (χ1) is 22.0. The fraction of sp³-hybridized carbons (Fsp3) is 0.462. The van der Waals surface area contributed by atoms with Gasteiger partial charge in [-0.05, 0) is 79.2 Å². The highest BCUT2D eigenvalue weighted by Gasteiger charge is 2.53. The third-order valence-electron chi connectivity index (χ3n) is 10.1. The van der Waals surface area contributed by atoms with Gasteiger partial charge in [0.1, 0.15) is 11.8 Å². The Morgan fingerprint density at radius 1 is 0.804 bits per heavy atom. The molecule has 7 nitrogen and oxygen atoms in total. The zero-order valence-corrected chi connectivity index (χ0v) is 28.2. The van der Waals surface area contributed by atoms with Crippen LogP contribution in [0.15, 0.2) is 72.8 Å². The van der Waals surface area contributed by atoms with Gasteiger partial charge in [0.25, 0.3) is 5.91 Å². The zero-order chi connectivity index (χ0) is 33.1. The SMILES string of the molecule is COc1cccc(C(=O)NC23CCC(C(=O)N[C@H](C(=O)N(C)CC(C)C)c4ccccc4)(CC2)CC3)c1-c1ccc(C(C)C)cc1. The smallest absolute Gasteiger partial charge is 0.252 e. The molecule has 3 aliphatic rings. The minimum atomic E-state index is -0.735. The molecular formula is C39H49N3O4. The van der Waals surface area contributed by atoms with E-state index in [1.165, 1.54) is 5.56 Å². The second kappa shape index (κ2) is 13.7. The van der Waals surface area contributed by atoms with Gasteiger partial charge < -0.3 is 20.3 Å². The van der Waals surface area contributed by atoms with Gasteiger partial charge in [-0.3, -0.25) is 14.4 Å². The molecule has 3 amide bonds. The van der Waals surface area contributed by atoms with Crippen molar-refractivity contribution in [1.29, 1.82) is 0 Å². The summed E-state index contributed by atoms with van der Waals surface area (Å²) in [4.78, 5) is 43.3. The fourth-order valence-electron chi connectivity index (χ4n) is 7.32. The topological polar surface area (TPSA) is 87.7 Å². The number of methoxy groups -OCH3 is 1. The number of carbonyl (C=O) groups excluding carboxylic acids is 3. The quantitative estimate of drug-likeness (QED) is 0.235. The Kier molecular flexibility index (Phi) is 9.90. The van der Waals surface area contributed by atoms with Crippen molar-refractivity contribution in [3.8, 4) is 16.9 Å². The van der Waals surface area contributed by atoms with Crippen LogP contribution in [0.2, 0.25) is 0 Å². The van der Waals surface area contributed by atoms with Gasteiger partial charge in [-0.15, -0.1) is 0 Å². The van der Waals surface area contributed by atoms with E-state index in [9.17, 15) is 14.4 Å². The van der Waals surface area contributed by atoms with Crippen LogP contribution in [-0.2, 0) is 9.59 Å². The summed E-state index contributed by atoms with van der Waals surface area (Å²) in [7, 11) is 3.43. The van der Waals surface area contributed by atoms with Crippen molar-refractivity contribution < 1.29 is 19.1 Å². The van der Waals surface area contributed by atoms with Gasteiger partial charge >= 0.3 is 0 Å². The number of benzene rings is 3. The van der Waals surface area contributed by atoms with Crippen LogP contribution in [0, 0.1) is 11.3 Å². The van der Waals surface area contributed by atoms with E-state index in [4.69, 9.17) is 4.74 Å². The number of hydrogen-bond donors (Lipinski definition) is 2. The van der Waals surface area contributed by atoms with Crippen molar-refractivity contribution in [1.82, 2.24) is 15.5 Å². The maximum atomic E-state index is 14.0. The molecule has 3 aliphatic carbocycles. The number of carbonyl (C=O) groups is 3. The average Bonchev–Trinajstić information content (AvgIpc) is 3.07. The normalized spacial score (nSPS) is 21.1. The van der Waals surface area contributed by atoms with Crippen LogP contribution in [0.25, 0.3) is 11.1 Å². The zero-order valence-electron chi connectivity index (χ0n) is 28.2. The predicted molar refractivity (Wildman–Crippen MR) is 183 cm³/mol. The monoisotopic (exact) mass is 623 g/mol. The summed E-state index contributed by atoms with van der Waals surface area (Å²) < 4.78 is 5.72. The summed E-state index contributed by atoms with van der Waals surface area (Å²) in [6.45, 7) is 9.09. The van der Waals surface area contributed by atoms with Gasteiger partial charge in [0.2, 0.25) is 11.8 Å². The highest BCUT2D eigenvalue weighted by molar-refractivity contribution is 6.03. The molecule has 0 heterocycles. The molecule has 0 radical (unpaired) electrons. The number of ether oxygens (including phenoxy) is 1. The van der Waals surface area contributed by atoms with Crippen LogP contribution in [0.4, 0.5) is 0 Å². The number of likely N-dealkylation sites (N-methyl/N-ethyl adjacent to an activating group) is 1. The Hall–Kier alpha value is -4.13. The molecule has 244 valence electrons. The van der Waals surface area contributed by atoms with Gasteiger partial charge in [-0.1, -0.05) is 88.4 Å². The Morgan fingerprint density at radius 3 is 2.00 bits per heavy atom. The van der Waals surface area contributed by atoms with E-state index in [1.54, 1.807) is 19.1 Å². The Bertz CT molecular complexity index is 1520. The highest BCUT2D eigenvalue weighted by Crippen LogP contribution is 2.53. The number of rotatable bonds is 11. The largest absolute Gasteiger partial charge is 0.496 e. The molecule has 46 heavy (non-hydrogen) atoms. The van der Waals surface area contributed by atoms with Crippen molar-refractivity contribution in [2.45, 2.75) is 83.7 Å². The lowest BCUT2D eigenvalue weighted by Crippen LogP contribution is -2.60. The lowest BCUT2D eigenvalue weighted by atomic mass is 9.56. The molecule has 0 aliphatic heterocycles. The van der Waals surface area contributed by atoms with E-state index in [-0.39, 0.29) is 23.3 Å². The van der Waals surface area contributed by atoms with Gasteiger partial charge in [0.05, 0.1) is 12.7 Å². The Balaban J connectivity index is 1.31. The molecule has 3 saturated carbocycles. The van der Waals surface area contributed by atoms with Crippen LogP contribution in [0.1, 0.15) is 99.7 Å². The average molecular weight is 624 g/mol. The molecule has 3 aromatic rings. The van der Waals surface area contributed by atoms with Crippen LogP contribution < -0.4 is 15.4 Å². The van der Waals surface area contributed by atoms with Crippen LogP contribution in [0.5, 0.6) is 5.75 Å². The number of fused-ring (bicyclic) bond motifs is 3. The maximum Gasteiger partial charge on any atom is 0.252 e. The second-order valence-corrected chi connectivity index (χ2v) is 14.1. The van der Waals surface area contributed by atoms with Crippen molar-refractivity contribution in [3.05, 3.63) is 89.5 Å².